The van der Waals surface area contributed by atoms with Crippen LogP contribution in [0.5, 0.6) is 5.75 Å². The summed E-state index contributed by atoms with van der Waals surface area (Å²) in [5.41, 5.74) is 0.648. The van der Waals surface area contributed by atoms with Crippen LogP contribution in [0.4, 0.5) is 5.69 Å². The predicted molar refractivity (Wildman–Crippen MR) is 277 cm³/mol. The van der Waals surface area contributed by atoms with Crippen LogP contribution >= 0.6 is 0 Å². The summed E-state index contributed by atoms with van der Waals surface area (Å²) in [6.45, 7) is 22.4. The topological polar surface area (TPSA) is 258 Å². The second-order valence-electron chi connectivity index (χ2n) is 21.0. The van der Waals surface area contributed by atoms with Crippen molar-refractivity contribution < 1.29 is 49.1 Å². The molecule has 1 fully saturated rings. The fourth-order valence-corrected chi connectivity index (χ4v) is 9.00. The molecule has 7 N–H and O–H groups in total. The number of rotatable bonds is 15. The van der Waals surface area contributed by atoms with Gasteiger partial charge in [0.15, 0.2) is 0 Å². The first-order chi connectivity index (χ1) is 34.2. The van der Waals surface area contributed by atoms with Crippen LogP contribution in [0.3, 0.4) is 0 Å². The van der Waals surface area contributed by atoms with E-state index in [0.717, 1.165) is 23.0 Å². The summed E-state index contributed by atoms with van der Waals surface area (Å²) in [5.74, 6) is -6.13. The molecule has 1 aliphatic heterocycles. The Labute approximate surface area is 429 Å². The number of allylic oxidation sites excluding steroid dienone is 2. The molecule has 3 aromatic rings. The maximum atomic E-state index is 15.3. The second kappa shape index (κ2) is 25.8. The Bertz CT molecular complexity index is 2500. The number of hydrogen-bond acceptors (Lipinski definition) is 11. The molecule has 2 aromatic carbocycles. The Hall–Kier alpha value is -6.73. The van der Waals surface area contributed by atoms with E-state index < -0.39 is 101 Å². The zero-order valence-electron chi connectivity index (χ0n) is 44.5. The van der Waals surface area contributed by atoms with Gasteiger partial charge in [-0.3, -0.25) is 44.0 Å². The number of amides is 7. The highest BCUT2D eigenvalue weighted by molar-refractivity contribution is 5.99. The molecule has 7 atom stereocenters. The van der Waals surface area contributed by atoms with E-state index in [0.29, 0.717) is 5.56 Å². The minimum absolute atomic E-state index is 0.0135. The normalized spacial score (nSPS) is 22.9. The maximum Gasteiger partial charge on any atom is 0.245 e. The van der Waals surface area contributed by atoms with Gasteiger partial charge in [-0.05, 0) is 94.4 Å². The molecule has 0 radical (unpaired) electrons. The molecule has 0 saturated carbocycles. The van der Waals surface area contributed by atoms with Crippen LogP contribution in [-0.2, 0) is 51.9 Å². The van der Waals surface area contributed by atoms with E-state index in [1.165, 1.54) is 36.9 Å². The maximum absolute atomic E-state index is 15.3. The number of nitrogens with one attached hydrogen (secondary N) is 5. The van der Waals surface area contributed by atoms with Crippen LogP contribution in [0.1, 0.15) is 106 Å². The molecule has 0 aliphatic carbocycles. The Balaban J connectivity index is 1.97. The summed E-state index contributed by atoms with van der Waals surface area (Å²) in [4.78, 5) is 105. The van der Waals surface area contributed by atoms with Crippen LogP contribution < -0.4 is 36.9 Å². The van der Waals surface area contributed by atoms with Crippen molar-refractivity contribution in [2.45, 2.75) is 156 Å². The molecule has 73 heavy (non-hydrogen) atoms. The highest BCUT2D eigenvalue weighted by atomic mass is 16.8. The summed E-state index contributed by atoms with van der Waals surface area (Å²) in [5, 5.41) is 46.6. The molecular weight excluding hydrogens is 935 g/mol. The van der Waals surface area contributed by atoms with Gasteiger partial charge in [0.1, 0.15) is 42.3 Å². The largest absolute Gasteiger partial charge is 0.871 e. The van der Waals surface area contributed by atoms with Crippen molar-refractivity contribution in [2.75, 3.05) is 19.3 Å². The van der Waals surface area contributed by atoms with E-state index in [2.05, 4.69) is 33.2 Å². The minimum atomic E-state index is -1.48. The molecule has 1 saturated heterocycles. The van der Waals surface area contributed by atoms with Gasteiger partial charge < -0.3 is 46.1 Å². The van der Waals surface area contributed by atoms with Gasteiger partial charge >= 0.3 is 0 Å². The highest BCUT2D eigenvalue weighted by Gasteiger charge is 2.39. The van der Waals surface area contributed by atoms with Gasteiger partial charge in [0, 0.05) is 44.0 Å². The molecule has 0 bridgehead atoms. The van der Waals surface area contributed by atoms with Crippen molar-refractivity contribution in [3.05, 3.63) is 84.6 Å². The van der Waals surface area contributed by atoms with Gasteiger partial charge in [0.25, 0.3) is 0 Å². The number of anilines is 1. The Kier molecular flexibility index (Phi) is 20.8. The lowest BCUT2D eigenvalue weighted by molar-refractivity contribution is -0.268. The van der Waals surface area contributed by atoms with E-state index in [9.17, 15) is 44.3 Å². The molecular formula is C54H78N9O10-. The third-order valence-corrected chi connectivity index (χ3v) is 13.2. The molecule has 19 heteroatoms. The Morgan fingerprint density at radius 3 is 1.78 bits per heavy atom. The van der Waals surface area contributed by atoms with E-state index in [-0.39, 0.29) is 67.1 Å². The van der Waals surface area contributed by atoms with Gasteiger partial charge in [-0.2, -0.15) is 0 Å². The quantitative estimate of drug-likeness (QED) is 0.0838. The van der Waals surface area contributed by atoms with Gasteiger partial charge in [-0.25, -0.2) is 0 Å². The van der Waals surface area contributed by atoms with E-state index >= 15 is 4.79 Å². The van der Waals surface area contributed by atoms with Gasteiger partial charge in [0.05, 0.1) is 11.2 Å². The molecule has 4 rings (SSSR count). The number of nitrogens with zero attached hydrogens (tertiary/aromatic N) is 4. The number of benzene rings is 2. The molecule has 0 spiro atoms. The zero-order chi connectivity index (χ0) is 54.6. The first kappa shape index (κ1) is 58.8. The van der Waals surface area contributed by atoms with Crippen molar-refractivity contribution in [3.8, 4) is 5.75 Å². The van der Waals surface area contributed by atoms with Crippen molar-refractivity contribution >= 4 is 57.9 Å². The van der Waals surface area contributed by atoms with Crippen molar-refractivity contribution in [1.29, 1.82) is 0 Å². The highest BCUT2D eigenvalue weighted by Crippen LogP contribution is 2.30. The standard InChI is InChI=1S/C54H79N9O10/c1-14-16-20-38-47(65)59-41(29-36-30-62(54(10,11)15-2)42-21-18-17-19-37(36)42)53(71)61(13)45(26-33(7)8)51(69)58-40(27-35-22-23-46(64)43(28-35)63(72)73)48(66)55-34(9)52(70)60(12)44(25-32(5)6)50(68)57-39(24-31(3)4)49(67)56-38/h14-19,21-23,28,30-34,38-41,44-45,64,72-73H,2,20,24-27,29H2,1,3-13H3,(H,55,66)(H,56,67)(H,57,68)(H,58,69)(H,59,65)/p-1. The Morgan fingerprint density at radius 1 is 0.699 bits per heavy atom. The summed E-state index contributed by atoms with van der Waals surface area (Å²) in [6.07, 6.45) is 7.17. The third-order valence-electron chi connectivity index (χ3n) is 13.2. The van der Waals surface area contributed by atoms with Gasteiger partial charge in [-0.1, -0.05) is 95.9 Å². The number of carbonyl (C=O) groups excluding carboxylic acids is 7. The van der Waals surface area contributed by atoms with Gasteiger partial charge in [-0.15, -0.1) is 11.8 Å². The monoisotopic (exact) mass is 1010 g/mol. The van der Waals surface area contributed by atoms with Crippen molar-refractivity contribution in [1.82, 2.24) is 41.0 Å². The van der Waals surface area contributed by atoms with Crippen LogP contribution in [-0.4, -0.2) is 123 Å². The van der Waals surface area contributed by atoms with Crippen molar-refractivity contribution in [2.24, 2.45) is 17.8 Å². The lowest BCUT2D eigenvalue weighted by Gasteiger charge is -2.33. The summed E-state index contributed by atoms with van der Waals surface area (Å²) < 4.78 is 2.03. The van der Waals surface area contributed by atoms with Crippen molar-refractivity contribution in [3.63, 3.8) is 0 Å². The molecule has 2 heterocycles. The van der Waals surface area contributed by atoms with E-state index in [1.54, 1.807) is 25.2 Å². The summed E-state index contributed by atoms with van der Waals surface area (Å²) in [7, 11) is 2.85. The fourth-order valence-electron chi connectivity index (χ4n) is 9.00. The number of aromatic nitrogens is 1. The predicted octanol–water partition coefficient (Wildman–Crippen LogP) is 4.22. The molecule has 1 aromatic heterocycles. The Morgan fingerprint density at radius 2 is 1.22 bits per heavy atom. The molecule has 400 valence electrons. The minimum Gasteiger partial charge on any atom is -0.871 e. The lowest BCUT2D eigenvalue weighted by atomic mass is 9.98. The number of hydrogen-bond donors (Lipinski definition) is 7. The van der Waals surface area contributed by atoms with Gasteiger partial charge in [0.2, 0.25) is 41.4 Å². The third kappa shape index (κ3) is 15.4. The second-order valence-corrected chi connectivity index (χ2v) is 21.0. The fraction of sp³-hybridized carbons (Fsp3) is 0.537. The van der Waals surface area contributed by atoms with Crippen LogP contribution in [0.15, 0.2) is 73.5 Å². The van der Waals surface area contributed by atoms with E-state index in [1.807, 2.05) is 90.4 Å². The zero-order valence-corrected chi connectivity index (χ0v) is 44.5. The number of carbonyl (C=O) groups is 7. The number of para-hydroxylation sites is 1. The van der Waals surface area contributed by atoms with Crippen LogP contribution in [0.2, 0.25) is 0 Å². The van der Waals surface area contributed by atoms with E-state index in [4.69, 9.17) is 0 Å². The van der Waals surface area contributed by atoms with Crippen LogP contribution in [0.25, 0.3) is 10.9 Å². The summed E-state index contributed by atoms with van der Waals surface area (Å²) in [6, 6.07) is 2.29. The summed E-state index contributed by atoms with van der Waals surface area (Å²) >= 11 is 0. The average molecular weight is 1010 g/mol. The molecule has 19 nitrogen and oxygen atoms in total. The average Bonchev–Trinajstić information content (AvgIpc) is 3.70. The molecule has 7 amide bonds. The first-order valence-corrected chi connectivity index (χ1v) is 25.1. The van der Waals surface area contributed by atoms with Crippen LogP contribution in [0, 0.1) is 17.8 Å². The number of likely N-dealkylation sites (N-methyl/N-ethyl adjacent to an activating group) is 2. The first-order valence-electron chi connectivity index (χ1n) is 25.1. The number of fused-ring (bicyclic) bond motifs is 1. The smallest absolute Gasteiger partial charge is 0.245 e. The lowest BCUT2D eigenvalue weighted by Crippen LogP contribution is -2.60. The SMILES string of the molecule is C=CC(C)(C)n1cc(CC2NC(=O)C(CC=CC)NC(=O)C(CC(C)C)NC(=O)C(CC(C)C)N(C)C(=O)C(C)NC(=O)C(Cc3ccc([O-])c(N(O)O)c3)NC(=O)C(CC(C)C)N(C)C2=O)c2ccccc21. The molecule has 7 unspecified atom stereocenters. The molecule has 1 aliphatic rings.